The molecule has 0 aliphatic carbocycles. The number of nitrogens with zero attached hydrogens (tertiary/aromatic N) is 7. The first-order valence-corrected chi connectivity index (χ1v) is 57.7. The van der Waals surface area contributed by atoms with Crippen LogP contribution >= 0.6 is 23.5 Å². The van der Waals surface area contributed by atoms with E-state index in [-0.39, 0.29) is 18.5 Å². The minimum absolute atomic E-state index is 0.0777. The van der Waals surface area contributed by atoms with E-state index >= 15 is 0 Å². The molecule has 0 radical (unpaired) electrons. The number of benzene rings is 3. The molecule has 0 spiro atoms. The van der Waals surface area contributed by atoms with Gasteiger partial charge in [0, 0.05) is 75.5 Å². The predicted octanol–water partition coefficient (Wildman–Crippen LogP) is 36.7. The summed E-state index contributed by atoms with van der Waals surface area (Å²) in [4.78, 5) is 47.1. The number of hydrogen-bond donors (Lipinski definition) is 0. The van der Waals surface area contributed by atoms with Crippen LogP contribution in [0.1, 0.15) is 469 Å². The molecule has 0 N–H and O–H groups in total. The Labute approximate surface area is 904 Å². The molecule has 846 valence electrons. The van der Waals surface area contributed by atoms with Gasteiger partial charge < -0.3 is 14.4 Å². The number of hydrogen-bond acceptors (Lipinski definition) is 11. The third-order valence-corrected chi connectivity index (χ3v) is 19.9. The molecule has 0 amide bonds. The first kappa shape index (κ1) is 154. The van der Waals surface area contributed by atoms with Gasteiger partial charge in [-0.2, -0.15) is 11.8 Å². The Morgan fingerprint density at radius 1 is 0.245 bits per heavy atom. The van der Waals surface area contributed by atoms with Crippen molar-refractivity contribution < 1.29 is 9.47 Å². The van der Waals surface area contributed by atoms with Crippen molar-refractivity contribution in [3.8, 4) is 0 Å². The van der Waals surface area contributed by atoms with Crippen molar-refractivity contribution in [3.63, 3.8) is 0 Å². The number of rotatable bonds is 19. The second-order valence-corrected chi connectivity index (χ2v) is 63.8. The van der Waals surface area contributed by atoms with Crippen LogP contribution in [0.15, 0.2) is 131 Å². The van der Waals surface area contributed by atoms with Crippen LogP contribution in [0.25, 0.3) is 0 Å². The van der Waals surface area contributed by atoms with Crippen LogP contribution < -0.4 is 17.1 Å². The highest BCUT2D eigenvalue weighted by molar-refractivity contribution is 7.99. The van der Waals surface area contributed by atoms with E-state index < -0.39 is 17.1 Å². The smallest absolute Gasteiger partial charge is 0.336 e. The number of ether oxygens (including phenoxy) is 2. The minimum atomic E-state index is -0.623. The van der Waals surface area contributed by atoms with E-state index in [9.17, 15) is 14.4 Å². The zero-order valence-electron chi connectivity index (χ0n) is 107. The summed E-state index contributed by atoms with van der Waals surface area (Å²) in [5.74, 6) is 5.30. The van der Waals surface area contributed by atoms with E-state index in [1.807, 2.05) is 0 Å². The molecule has 4 aromatic rings. The predicted molar refractivity (Wildman–Crippen MR) is 657 cm³/mol. The largest absolute Gasteiger partial charge is 0.379 e. The van der Waals surface area contributed by atoms with Crippen LogP contribution in [0.5, 0.6) is 0 Å². The fourth-order valence-electron chi connectivity index (χ4n) is 11.5. The van der Waals surface area contributed by atoms with Crippen LogP contribution in [0, 0.1) is 70.4 Å². The monoisotopic (exact) mass is 2040 g/mol. The van der Waals surface area contributed by atoms with Crippen molar-refractivity contribution in [1.82, 2.24) is 33.3 Å². The molecule has 8 rings (SSSR count). The quantitative estimate of drug-likeness (QED) is 0.0840. The van der Waals surface area contributed by atoms with Gasteiger partial charge in [0.25, 0.3) is 0 Å². The van der Waals surface area contributed by atoms with E-state index in [0.717, 1.165) is 72.7 Å². The molecule has 0 saturated carbocycles. The zero-order valence-corrected chi connectivity index (χ0v) is 108. The number of thioether (sulfide) groups is 2. The molecule has 4 aliphatic rings. The van der Waals surface area contributed by atoms with Crippen molar-refractivity contribution in [2.24, 2.45) is 70.4 Å². The first-order valence-electron chi connectivity index (χ1n) is 55.4. The number of morpholine rings is 2. The Balaban J connectivity index is -0.000000232. The molecule has 3 aromatic carbocycles. The van der Waals surface area contributed by atoms with Gasteiger partial charge in [-0.05, 0) is 194 Å². The van der Waals surface area contributed by atoms with Crippen molar-refractivity contribution in [2.45, 2.75) is 488 Å². The van der Waals surface area contributed by atoms with Gasteiger partial charge in [0.15, 0.2) is 0 Å². The second-order valence-electron chi connectivity index (χ2n) is 61.5. The van der Waals surface area contributed by atoms with Gasteiger partial charge in [-0.3, -0.25) is 14.7 Å². The Kier molecular flexibility index (Phi) is 82.5. The molecule has 4 aliphatic heterocycles. The Bertz CT molecular complexity index is 3360. The lowest BCUT2D eigenvalue weighted by molar-refractivity contribution is 0.0361. The molecule has 14 heteroatoms. The van der Waals surface area contributed by atoms with Gasteiger partial charge in [0.05, 0.1) is 39.5 Å². The van der Waals surface area contributed by atoms with E-state index in [4.69, 9.17) is 9.47 Å². The van der Waals surface area contributed by atoms with Gasteiger partial charge in [-0.15, -0.1) is 24.9 Å². The molecule has 143 heavy (non-hydrogen) atoms. The summed E-state index contributed by atoms with van der Waals surface area (Å²) in [5.41, 5.74) is 9.44. The maximum Gasteiger partial charge on any atom is 0.336 e. The van der Waals surface area contributed by atoms with E-state index in [1.54, 1.807) is 0 Å². The summed E-state index contributed by atoms with van der Waals surface area (Å²) < 4.78 is 13.8. The Morgan fingerprint density at radius 3 is 0.594 bits per heavy atom. The van der Waals surface area contributed by atoms with Gasteiger partial charge in [0.1, 0.15) is 0 Å². The van der Waals surface area contributed by atoms with Gasteiger partial charge in [-0.25, -0.2) is 28.1 Å². The maximum atomic E-state index is 12.4. The molecule has 0 unspecified atom stereocenters. The van der Waals surface area contributed by atoms with Gasteiger partial charge in [-0.1, -0.05) is 491 Å². The molecule has 5 heterocycles. The average Bonchev–Trinajstić information content (AvgIpc) is 0.909. The van der Waals surface area contributed by atoms with E-state index in [0.29, 0.717) is 94.2 Å². The van der Waals surface area contributed by atoms with Crippen molar-refractivity contribution >= 4 is 23.5 Å². The molecule has 4 fully saturated rings. The molecular weight excluding hydrogens is 1790 g/mol. The van der Waals surface area contributed by atoms with Crippen LogP contribution in [-0.2, 0) is 45.4 Å². The normalized spacial score (nSPS) is 14.8. The SMILES string of the molecule is C=CCn1c(=O)n(CC=C)c(=O)n(CCCC(C)(C)C)c1=O.CC(C)(C)C.CC(C)(C)C.CC(C)(C)C.CC(C)(C)C.CC(C)(C)C.CC(C)(C)C.CC(C)(C)C.CC(C)(C)C.CC(C)(C)CCCN1CCOCC1.CC(C)(C)CCCN1CCOCC1.CC(C)(C)CCCN1CCSC1.CC(C)(C)CCCN1CCSCC1.CC(C)(C)c1ccccc1.CC(C)(C)c1ccccc1.CC(C)(C)c1ccccc1. The van der Waals surface area contributed by atoms with E-state index in [1.165, 1.54) is 149 Å². The first-order chi connectivity index (χ1) is 63.9. The van der Waals surface area contributed by atoms with Crippen molar-refractivity contribution in [3.05, 3.63) is 164 Å². The summed E-state index contributed by atoms with van der Waals surface area (Å²) in [6.07, 6.45) is 15.2. The Morgan fingerprint density at radius 2 is 0.420 bits per heavy atom. The summed E-state index contributed by atoms with van der Waals surface area (Å²) >= 11 is 4.16. The summed E-state index contributed by atoms with van der Waals surface area (Å²) in [6, 6.07) is 31.7. The van der Waals surface area contributed by atoms with Crippen LogP contribution in [0.3, 0.4) is 0 Å². The number of aromatic nitrogens is 3. The highest BCUT2D eigenvalue weighted by atomic mass is 32.2. The lowest BCUT2D eigenvalue weighted by Crippen LogP contribution is -2.54. The maximum absolute atomic E-state index is 12.4. The molecule has 4 saturated heterocycles. The third-order valence-electron chi connectivity index (χ3n) is 18.0. The minimum Gasteiger partial charge on any atom is -0.379 e. The molecule has 0 atom stereocenters. The highest BCUT2D eigenvalue weighted by Crippen LogP contribution is 2.28. The van der Waals surface area contributed by atoms with Crippen LogP contribution in [-0.4, -0.2) is 155 Å². The fraction of sp³-hybridized carbons (Fsp3) is 0.806. The molecule has 12 nitrogen and oxygen atoms in total. The summed E-state index contributed by atoms with van der Waals surface area (Å²) in [5, 5.41) is 0. The van der Waals surface area contributed by atoms with Crippen LogP contribution in [0.2, 0.25) is 0 Å². The topological polar surface area (TPSA) is 97.4 Å². The standard InChI is InChI=1S/C16H25N3O3.2C11H23NO.C11H23NS.C10H21NS.3C10H14.8C5H12/c1-6-10-17-13(20)18(11-7-2)15(22)19(14(17)21)12-8-9-16(3,4)5;3*1-11(2,3)5-4-6-12-7-9-13-10-8-12;1-10(2,3)5-4-6-11-7-8-12-9-11;3*1-10(2,3)9-7-5-4-6-8-9;8*1-5(2,3)4/h6-7H,1-2,8-12H2,3-5H3;3*4-10H2,1-3H3;4-9H2,1-3H3;3*4-8H,1-3H3;8*1-4H3. The van der Waals surface area contributed by atoms with Crippen LogP contribution in [0.4, 0.5) is 0 Å². The van der Waals surface area contributed by atoms with Crippen molar-refractivity contribution in [1.29, 1.82) is 0 Å². The van der Waals surface area contributed by atoms with Crippen molar-refractivity contribution in [2.75, 3.05) is 122 Å². The average molecular weight is 2050 g/mol. The summed E-state index contributed by atoms with van der Waals surface area (Å²) in [7, 11) is 0. The highest BCUT2D eigenvalue weighted by Gasteiger charge is 2.22. The molecule has 0 bridgehead atoms. The lowest BCUT2D eigenvalue weighted by Gasteiger charge is -2.27. The number of allylic oxidation sites excluding steroid dienone is 2. The lowest BCUT2D eigenvalue weighted by atomic mass is 9.87. The summed E-state index contributed by atoms with van der Waals surface area (Å²) in [6.45, 7) is 149. The Hall–Kier alpha value is -3.99. The third kappa shape index (κ3) is 142. The zero-order chi connectivity index (χ0) is 114. The second kappa shape index (κ2) is 76.5. The molecular formula is C129H253N7O5S2. The van der Waals surface area contributed by atoms with Gasteiger partial charge in [0.2, 0.25) is 0 Å². The molecule has 1 aromatic heterocycles. The van der Waals surface area contributed by atoms with E-state index in [2.05, 4.69) is 535 Å². The fourth-order valence-corrected chi connectivity index (χ4v) is 13.5. The van der Waals surface area contributed by atoms with Gasteiger partial charge >= 0.3 is 17.1 Å².